The molecule has 3 heterocycles. The van der Waals surface area contributed by atoms with Crippen molar-refractivity contribution < 1.29 is 13.2 Å². The first-order valence-corrected chi connectivity index (χ1v) is 8.55. The molecule has 0 N–H and O–H groups in total. The van der Waals surface area contributed by atoms with E-state index in [-0.39, 0.29) is 28.5 Å². The quantitative estimate of drug-likeness (QED) is 0.524. The zero-order valence-electron chi connectivity index (χ0n) is 13.6. The SMILES string of the molecule is CSc1ncc2c(=O)n(C(C)C)n(-c3cccc(C(F)(F)F)n3)c2n1. The minimum atomic E-state index is -4.58. The number of rotatable bonds is 3. The number of pyridine rings is 1. The standard InChI is InChI=1S/C15H14F3N5OS/c1-8(2)22-13(24)9-7-19-14(25-3)21-12(9)23(22)11-6-4-5-10(20-11)15(16,17)18/h4-8H,1-3H3. The largest absolute Gasteiger partial charge is 0.433 e. The Kier molecular flexibility index (Phi) is 4.31. The van der Waals surface area contributed by atoms with Crippen molar-refractivity contribution >= 4 is 22.8 Å². The third-order valence-electron chi connectivity index (χ3n) is 3.51. The van der Waals surface area contributed by atoms with Crippen molar-refractivity contribution in [3.63, 3.8) is 0 Å². The van der Waals surface area contributed by atoms with Gasteiger partial charge in [0.05, 0.1) is 0 Å². The summed E-state index contributed by atoms with van der Waals surface area (Å²) in [5.41, 5.74) is -1.18. The van der Waals surface area contributed by atoms with E-state index in [0.29, 0.717) is 5.16 Å². The summed E-state index contributed by atoms with van der Waals surface area (Å²) in [6.07, 6.45) is -1.42. The van der Waals surface area contributed by atoms with E-state index in [1.807, 2.05) is 0 Å². The van der Waals surface area contributed by atoms with Gasteiger partial charge < -0.3 is 0 Å². The number of nitrogens with zero attached hydrogens (tertiary/aromatic N) is 5. The van der Waals surface area contributed by atoms with Crippen molar-refractivity contribution in [2.45, 2.75) is 31.2 Å². The molecule has 132 valence electrons. The Morgan fingerprint density at radius 1 is 1.20 bits per heavy atom. The lowest BCUT2D eigenvalue weighted by atomic mass is 10.3. The van der Waals surface area contributed by atoms with E-state index in [1.54, 1.807) is 20.1 Å². The summed E-state index contributed by atoms with van der Waals surface area (Å²) >= 11 is 1.27. The van der Waals surface area contributed by atoms with Crippen LogP contribution in [0.15, 0.2) is 34.3 Å². The number of thioether (sulfide) groups is 1. The average molecular weight is 369 g/mol. The number of hydrogen-bond acceptors (Lipinski definition) is 5. The minimum Gasteiger partial charge on any atom is -0.267 e. The van der Waals surface area contributed by atoms with Gasteiger partial charge in [-0.1, -0.05) is 17.8 Å². The van der Waals surface area contributed by atoms with E-state index in [1.165, 1.54) is 39.5 Å². The van der Waals surface area contributed by atoms with Gasteiger partial charge in [-0.25, -0.2) is 24.3 Å². The van der Waals surface area contributed by atoms with E-state index in [4.69, 9.17) is 0 Å². The van der Waals surface area contributed by atoms with E-state index >= 15 is 0 Å². The van der Waals surface area contributed by atoms with E-state index in [9.17, 15) is 18.0 Å². The van der Waals surface area contributed by atoms with Crippen molar-refractivity contribution in [3.05, 3.63) is 40.4 Å². The fourth-order valence-corrected chi connectivity index (χ4v) is 2.80. The molecule has 0 amide bonds. The molecular formula is C15H14F3N5OS. The highest BCUT2D eigenvalue weighted by Gasteiger charge is 2.33. The number of fused-ring (bicyclic) bond motifs is 1. The first-order chi connectivity index (χ1) is 11.7. The molecule has 0 fully saturated rings. The van der Waals surface area contributed by atoms with Crippen LogP contribution in [0.3, 0.4) is 0 Å². The molecular weight excluding hydrogens is 355 g/mol. The molecule has 0 aliphatic carbocycles. The van der Waals surface area contributed by atoms with Crippen molar-refractivity contribution in [3.8, 4) is 5.82 Å². The monoisotopic (exact) mass is 369 g/mol. The van der Waals surface area contributed by atoms with Gasteiger partial charge >= 0.3 is 6.18 Å². The second-order valence-electron chi connectivity index (χ2n) is 5.53. The van der Waals surface area contributed by atoms with Crippen molar-refractivity contribution in [2.75, 3.05) is 6.26 Å². The maximum absolute atomic E-state index is 13.0. The van der Waals surface area contributed by atoms with Crippen molar-refractivity contribution in [1.82, 2.24) is 24.3 Å². The lowest BCUT2D eigenvalue weighted by Gasteiger charge is -2.15. The molecule has 0 aliphatic rings. The van der Waals surface area contributed by atoms with Crippen molar-refractivity contribution in [1.29, 1.82) is 0 Å². The lowest BCUT2D eigenvalue weighted by Crippen LogP contribution is -2.25. The van der Waals surface area contributed by atoms with Crippen LogP contribution in [0.4, 0.5) is 13.2 Å². The summed E-state index contributed by atoms with van der Waals surface area (Å²) in [5.74, 6) is -0.0265. The van der Waals surface area contributed by atoms with E-state index in [2.05, 4.69) is 15.0 Å². The summed E-state index contributed by atoms with van der Waals surface area (Å²) < 4.78 is 41.7. The minimum absolute atomic E-state index is 0.0265. The molecule has 3 aromatic rings. The van der Waals surface area contributed by atoms with E-state index in [0.717, 1.165) is 6.07 Å². The zero-order valence-corrected chi connectivity index (χ0v) is 14.4. The van der Waals surface area contributed by atoms with Gasteiger partial charge in [-0.05, 0) is 32.2 Å². The summed E-state index contributed by atoms with van der Waals surface area (Å²) in [5, 5.41) is 0.639. The molecule has 0 unspecified atom stereocenters. The molecule has 0 spiro atoms. The third kappa shape index (κ3) is 3.01. The first-order valence-electron chi connectivity index (χ1n) is 7.33. The number of halogens is 3. The zero-order chi connectivity index (χ0) is 18.4. The fraction of sp³-hybridized carbons (Fsp3) is 0.333. The molecule has 3 rings (SSSR count). The Morgan fingerprint density at radius 3 is 2.52 bits per heavy atom. The van der Waals surface area contributed by atoms with Gasteiger partial charge in [0.2, 0.25) is 0 Å². The number of aromatic nitrogens is 5. The second-order valence-corrected chi connectivity index (χ2v) is 6.30. The Morgan fingerprint density at radius 2 is 1.92 bits per heavy atom. The highest BCUT2D eigenvalue weighted by Crippen LogP contribution is 2.28. The van der Waals surface area contributed by atoms with Gasteiger partial charge in [0.15, 0.2) is 16.6 Å². The molecule has 0 saturated heterocycles. The van der Waals surface area contributed by atoms with Crippen LogP contribution in [0.5, 0.6) is 0 Å². The third-order valence-corrected chi connectivity index (χ3v) is 4.08. The van der Waals surface area contributed by atoms with Crippen LogP contribution in [0.25, 0.3) is 16.9 Å². The van der Waals surface area contributed by atoms with Crippen LogP contribution in [0.1, 0.15) is 25.6 Å². The van der Waals surface area contributed by atoms with Gasteiger partial charge in [-0.15, -0.1) is 0 Å². The maximum atomic E-state index is 13.0. The summed E-state index contributed by atoms with van der Waals surface area (Å²) in [7, 11) is 0. The Labute approximate surface area is 144 Å². The molecule has 0 bridgehead atoms. The van der Waals surface area contributed by atoms with Gasteiger partial charge in [-0.2, -0.15) is 13.2 Å². The smallest absolute Gasteiger partial charge is 0.267 e. The van der Waals surface area contributed by atoms with Crippen molar-refractivity contribution in [2.24, 2.45) is 0 Å². The molecule has 0 atom stereocenters. The van der Waals surface area contributed by atoms with Crippen LogP contribution >= 0.6 is 11.8 Å². The van der Waals surface area contributed by atoms with Gasteiger partial charge in [-0.3, -0.25) is 4.79 Å². The Bertz CT molecular complexity index is 993. The number of alkyl halides is 3. The predicted octanol–water partition coefficient (Wildman–Crippen LogP) is 3.30. The predicted molar refractivity (Wildman–Crippen MR) is 88.1 cm³/mol. The van der Waals surface area contributed by atoms with E-state index < -0.39 is 11.9 Å². The topological polar surface area (TPSA) is 65.6 Å². The Hall–Kier alpha value is -2.36. The fourth-order valence-electron chi connectivity index (χ4n) is 2.47. The van der Waals surface area contributed by atoms with Gasteiger partial charge in [0, 0.05) is 12.2 Å². The molecule has 25 heavy (non-hydrogen) atoms. The first kappa shape index (κ1) is 17.5. The van der Waals surface area contributed by atoms with Gasteiger partial charge in [0.25, 0.3) is 5.56 Å². The van der Waals surface area contributed by atoms with Crippen LogP contribution in [-0.4, -0.2) is 30.6 Å². The highest BCUT2D eigenvalue weighted by molar-refractivity contribution is 7.98. The van der Waals surface area contributed by atoms with Gasteiger partial charge in [0.1, 0.15) is 11.1 Å². The second kappa shape index (κ2) is 6.17. The average Bonchev–Trinajstić information content (AvgIpc) is 2.86. The Balaban J connectivity index is 2.38. The molecule has 10 heteroatoms. The molecule has 0 aliphatic heterocycles. The summed E-state index contributed by atoms with van der Waals surface area (Å²) in [4.78, 5) is 24.7. The highest BCUT2D eigenvalue weighted by atomic mass is 32.2. The molecule has 6 nitrogen and oxygen atoms in total. The summed E-state index contributed by atoms with van der Waals surface area (Å²) in [6.45, 7) is 3.51. The molecule has 0 saturated carbocycles. The van der Waals surface area contributed by atoms with Crippen LogP contribution in [0.2, 0.25) is 0 Å². The molecule has 0 aromatic carbocycles. The lowest BCUT2D eigenvalue weighted by molar-refractivity contribution is -0.141. The normalized spacial score (nSPS) is 12.3. The van der Waals surface area contributed by atoms with Crippen LogP contribution in [-0.2, 0) is 6.18 Å². The molecule has 0 radical (unpaired) electrons. The maximum Gasteiger partial charge on any atom is 0.433 e. The van der Waals surface area contributed by atoms with Crippen LogP contribution < -0.4 is 5.56 Å². The summed E-state index contributed by atoms with van der Waals surface area (Å²) in [6, 6.07) is 3.24. The number of hydrogen-bond donors (Lipinski definition) is 0. The molecule has 3 aromatic heterocycles. The van der Waals surface area contributed by atoms with Crippen LogP contribution in [0, 0.1) is 0 Å².